The number of alkyl halides is 3. The lowest BCUT2D eigenvalue weighted by atomic mass is 9.88. The van der Waals surface area contributed by atoms with Gasteiger partial charge in [-0.25, -0.2) is 9.78 Å². The number of anilines is 2. The second kappa shape index (κ2) is 10.5. The first-order valence-corrected chi connectivity index (χ1v) is 13.2. The van der Waals surface area contributed by atoms with Crippen LogP contribution in [-0.4, -0.2) is 24.9 Å². The topological polar surface area (TPSA) is 121 Å². The van der Waals surface area contributed by atoms with Crippen molar-refractivity contribution in [3.05, 3.63) is 84.1 Å². The maximum atomic E-state index is 13.0. The van der Waals surface area contributed by atoms with Crippen LogP contribution in [0.2, 0.25) is 0 Å². The molecule has 206 valence electrons. The average molecular weight is 569 g/mol. The predicted molar refractivity (Wildman–Crippen MR) is 145 cm³/mol. The number of fused-ring (bicyclic) bond motifs is 1. The van der Waals surface area contributed by atoms with Gasteiger partial charge in [-0.1, -0.05) is 63.2 Å². The Bertz CT molecular complexity index is 1740. The van der Waals surface area contributed by atoms with E-state index < -0.39 is 38.5 Å². The fraction of sp³-hybridized carbons (Fsp3) is 0.179. The summed E-state index contributed by atoms with van der Waals surface area (Å²) in [5, 5.41) is 17.1. The number of benzene rings is 3. The van der Waals surface area contributed by atoms with Gasteiger partial charge < -0.3 is 14.8 Å². The van der Waals surface area contributed by atoms with Crippen LogP contribution in [0.15, 0.2) is 72.8 Å². The van der Waals surface area contributed by atoms with Gasteiger partial charge in [0.2, 0.25) is 0 Å². The van der Waals surface area contributed by atoms with Crippen molar-refractivity contribution in [3.63, 3.8) is 0 Å². The van der Waals surface area contributed by atoms with Crippen LogP contribution in [0.4, 0.5) is 29.3 Å². The summed E-state index contributed by atoms with van der Waals surface area (Å²) in [6, 6.07) is 21.9. The molecule has 4 aromatic rings. The lowest BCUT2D eigenvalue weighted by Gasteiger charge is -2.21. The summed E-state index contributed by atoms with van der Waals surface area (Å²) in [5.41, 5.74) is -5.28. The van der Waals surface area contributed by atoms with Gasteiger partial charge in [0, 0.05) is 22.4 Å². The van der Waals surface area contributed by atoms with Crippen molar-refractivity contribution >= 4 is 38.3 Å². The Balaban J connectivity index is 1.62. The normalized spacial score (nSPS) is 12.0. The summed E-state index contributed by atoms with van der Waals surface area (Å²) in [4.78, 5) is 16.5. The minimum Gasteiger partial charge on any atom is -0.354 e. The number of amides is 2. The van der Waals surface area contributed by atoms with E-state index in [1.165, 1.54) is 30.3 Å². The number of urea groups is 1. The lowest BCUT2D eigenvalue weighted by Crippen LogP contribution is -2.29. The molecule has 0 bridgehead atoms. The summed E-state index contributed by atoms with van der Waals surface area (Å²) < 4.78 is 66.7. The molecule has 2 N–H and O–H groups in total. The fourth-order valence-electron chi connectivity index (χ4n) is 3.75. The van der Waals surface area contributed by atoms with Gasteiger partial charge in [0.1, 0.15) is 11.6 Å². The quantitative estimate of drug-likeness (QED) is 0.199. The molecule has 40 heavy (non-hydrogen) atoms. The Morgan fingerprint density at radius 2 is 1.50 bits per heavy atom. The van der Waals surface area contributed by atoms with Crippen LogP contribution in [0.5, 0.6) is 5.88 Å². The molecule has 8 nitrogen and oxygen atoms in total. The number of pyridine rings is 1. The third kappa shape index (κ3) is 6.16. The molecule has 0 aliphatic heterocycles. The van der Waals surface area contributed by atoms with Crippen LogP contribution in [0.25, 0.3) is 21.9 Å². The van der Waals surface area contributed by atoms with E-state index >= 15 is 0 Å². The molecule has 3 aromatic carbocycles. The summed E-state index contributed by atoms with van der Waals surface area (Å²) in [6.07, 6.45) is 0. The Hall–Kier alpha value is -4.63. The van der Waals surface area contributed by atoms with Crippen molar-refractivity contribution in [2.45, 2.75) is 31.7 Å². The molecule has 2 amide bonds. The molecule has 1 aromatic heterocycles. The first kappa shape index (κ1) is 28.4. The first-order valence-electron chi connectivity index (χ1n) is 11.8. The van der Waals surface area contributed by atoms with E-state index in [1.807, 2.05) is 36.4 Å². The molecule has 0 aliphatic rings. The number of nitriles is 1. The van der Waals surface area contributed by atoms with Gasteiger partial charge in [-0.15, -0.1) is 0 Å². The van der Waals surface area contributed by atoms with Crippen molar-refractivity contribution in [2.75, 3.05) is 10.6 Å². The Morgan fingerprint density at radius 3 is 2.10 bits per heavy atom. The molecule has 12 heteroatoms. The number of nitrogens with one attached hydrogen (secondary N) is 2. The smallest absolute Gasteiger partial charge is 0.354 e. The van der Waals surface area contributed by atoms with Gasteiger partial charge >= 0.3 is 21.7 Å². The number of halogens is 3. The predicted octanol–water partition coefficient (Wildman–Crippen LogP) is 6.94. The van der Waals surface area contributed by atoms with Gasteiger partial charge in [-0.3, -0.25) is 0 Å². The molecule has 0 spiro atoms. The average Bonchev–Trinajstić information content (AvgIpc) is 2.87. The minimum absolute atomic E-state index is 0.113. The number of nitrogens with zero attached hydrogens (tertiary/aromatic N) is 2. The molecule has 0 atom stereocenters. The molecule has 0 aliphatic carbocycles. The van der Waals surface area contributed by atoms with E-state index in [2.05, 4.69) is 19.8 Å². The van der Waals surface area contributed by atoms with Crippen molar-refractivity contribution in [1.29, 1.82) is 5.26 Å². The van der Waals surface area contributed by atoms with E-state index in [1.54, 1.807) is 32.9 Å². The maximum absolute atomic E-state index is 13.0. The molecule has 0 saturated heterocycles. The third-order valence-electron chi connectivity index (χ3n) is 5.80. The third-order valence-corrected chi connectivity index (χ3v) is 6.74. The number of hydrogen-bond donors (Lipinski definition) is 2. The molecule has 0 fully saturated rings. The highest BCUT2D eigenvalue weighted by molar-refractivity contribution is 7.88. The van der Waals surface area contributed by atoms with Crippen LogP contribution < -0.4 is 14.8 Å². The Labute approximate surface area is 228 Å². The van der Waals surface area contributed by atoms with Crippen LogP contribution in [0, 0.1) is 11.3 Å². The number of aromatic nitrogens is 1. The van der Waals surface area contributed by atoms with E-state index in [0.29, 0.717) is 16.9 Å². The molecule has 0 radical (unpaired) electrons. The second-order valence-electron chi connectivity index (χ2n) is 9.80. The Morgan fingerprint density at radius 1 is 0.900 bits per heavy atom. The van der Waals surface area contributed by atoms with Gasteiger partial charge in [-0.05, 0) is 46.7 Å². The van der Waals surface area contributed by atoms with E-state index in [4.69, 9.17) is 0 Å². The molecule has 0 saturated carbocycles. The number of carbonyl (C=O) groups excluding carboxylic acids is 1. The summed E-state index contributed by atoms with van der Waals surface area (Å²) in [6.45, 7) is 5.15. The first-order chi connectivity index (χ1) is 18.7. The molecule has 4 rings (SSSR count). The number of rotatable bonds is 5. The highest BCUT2D eigenvalue weighted by Crippen LogP contribution is 2.36. The SMILES string of the molecule is CC(C)(C)c1cc(-c2ccc(NC(=O)Nc3ccc4ccccc4c3)cc2)c(C#N)c(OS(=O)(=O)C(F)(F)F)n1. The maximum Gasteiger partial charge on any atom is 0.534 e. The second-order valence-corrected chi connectivity index (χ2v) is 11.3. The van der Waals surface area contributed by atoms with Gasteiger partial charge in [0.15, 0.2) is 0 Å². The largest absolute Gasteiger partial charge is 0.534 e. The zero-order valence-corrected chi connectivity index (χ0v) is 22.3. The molecule has 1 heterocycles. The van der Waals surface area contributed by atoms with E-state index in [-0.39, 0.29) is 11.3 Å². The van der Waals surface area contributed by atoms with Crippen LogP contribution in [-0.2, 0) is 15.5 Å². The summed E-state index contributed by atoms with van der Waals surface area (Å²) in [7, 11) is -6.07. The Kier molecular flexibility index (Phi) is 7.45. The van der Waals surface area contributed by atoms with E-state index in [9.17, 15) is 31.6 Å². The standard InChI is InChI=1S/C28H23F3N4O4S/c1-27(2,3)24-15-22(23(16-32)25(35-24)39-40(37,38)28(29,30)31)18-9-11-20(12-10-18)33-26(36)34-21-13-8-17-6-4-5-7-19(17)14-21/h4-15H,1-3H3,(H2,33,34,36). The molecular formula is C28H23F3N4O4S. The van der Waals surface area contributed by atoms with Crippen LogP contribution >= 0.6 is 0 Å². The van der Waals surface area contributed by atoms with Crippen molar-refractivity contribution in [3.8, 4) is 23.1 Å². The molecular weight excluding hydrogens is 545 g/mol. The molecule has 0 unspecified atom stereocenters. The van der Waals surface area contributed by atoms with Crippen molar-refractivity contribution < 1.29 is 30.6 Å². The van der Waals surface area contributed by atoms with E-state index in [0.717, 1.165) is 10.8 Å². The summed E-state index contributed by atoms with van der Waals surface area (Å²) >= 11 is 0. The minimum atomic E-state index is -6.07. The zero-order valence-electron chi connectivity index (χ0n) is 21.5. The van der Waals surface area contributed by atoms with Gasteiger partial charge in [-0.2, -0.15) is 26.9 Å². The highest BCUT2D eigenvalue weighted by atomic mass is 32.2. The van der Waals surface area contributed by atoms with Crippen LogP contribution in [0.3, 0.4) is 0 Å². The zero-order chi connectivity index (χ0) is 29.3. The monoisotopic (exact) mass is 568 g/mol. The lowest BCUT2D eigenvalue weighted by molar-refractivity contribution is -0.0501. The number of carbonyl (C=O) groups is 1. The highest BCUT2D eigenvalue weighted by Gasteiger charge is 2.49. The summed E-state index contributed by atoms with van der Waals surface area (Å²) in [5.74, 6) is -0.973. The van der Waals surface area contributed by atoms with Gasteiger partial charge in [0.05, 0.1) is 5.69 Å². The number of hydrogen-bond acceptors (Lipinski definition) is 6. The van der Waals surface area contributed by atoms with Crippen LogP contribution in [0.1, 0.15) is 32.0 Å². The van der Waals surface area contributed by atoms with Gasteiger partial charge in [0.25, 0.3) is 5.88 Å². The van der Waals surface area contributed by atoms with Crippen molar-refractivity contribution in [1.82, 2.24) is 4.98 Å². The van der Waals surface area contributed by atoms with Crippen molar-refractivity contribution in [2.24, 2.45) is 0 Å². The fourth-order valence-corrected chi connectivity index (χ4v) is 4.17.